The van der Waals surface area contributed by atoms with Crippen LogP contribution >= 0.6 is 0 Å². The van der Waals surface area contributed by atoms with E-state index in [4.69, 9.17) is 0 Å². The highest BCUT2D eigenvalue weighted by Crippen LogP contribution is 2.27. The zero-order chi connectivity index (χ0) is 17.3. The maximum atomic E-state index is 13.9. The van der Waals surface area contributed by atoms with Crippen LogP contribution in [-0.4, -0.2) is 33.5 Å². The second kappa shape index (κ2) is 6.25. The first kappa shape index (κ1) is 16.5. The number of nitrogens with zero attached hydrogens (tertiary/aromatic N) is 3. The van der Waals surface area contributed by atoms with Gasteiger partial charge in [-0.05, 0) is 30.7 Å². The fraction of sp³-hybridized carbons (Fsp3) is 0.200. The third kappa shape index (κ3) is 2.87. The van der Waals surface area contributed by atoms with Gasteiger partial charge in [0.1, 0.15) is 11.5 Å². The van der Waals surface area contributed by atoms with E-state index in [0.29, 0.717) is 0 Å². The van der Waals surface area contributed by atoms with Crippen LogP contribution in [0, 0.1) is 5.95 Å². The van der Waals surface area contributed by atoms with Crippen LogP contribution in [0.4, 0.5) is 8.78 Å². The second-order valence-electron chi connectivity index (χ2n) is 5.12. The van der Waals surface area contributed by atoms with Crippen molar-refractivity contribution >= 4 is 9.84 Å². The highest BCUT2D eigenvalue weighted by molar-refractivity contribution is 7.92. The molecule has 0 aliphatic heterocycles. The van der Waals surface area contributed by atoms with Gasteiger partial charge in [0.2, 0.25) is 15.8 Å². The van der Waals surface area contributed by atoms with E-state index in [1.54, 1.807) is 0 Å². The number of aromatic nitrogens is 3. The minimum absolute atomic E-state index is 0.0418. The summed E-state index contributed by atoms with van der Waals surface area (Å²) in [5.41, 5.74) is -0.0874. The van der Waals surface area contributed by atoms with Gasteiger partial charge >= 0.3 is 0 Å². The van der Waals surface area contributed by atoms with Crippen molar-refractivity contribution < 1.29 is 22.3 Å². The van der Waals surface area contributed by atoms with Gasteiger partial charge in [-0.25, -0.2) is 22.5 Å². The first-order chi connectivity index (χ1) is 11.4. The van der Waals surface area contributed by atoms with E-state index >= 15 is 0 Å². The summed E-state index contributed by atoms with van der Waals surface area (Å²) >= 11 is 0. The molecule has 0 saturated heterocycles. The zero-order valence-corrected chi connectivity index (χ0v) is 13.1. The molecular weight excluding hydrogens is 340 g/mol. The number of rotatable bonds is 4. The number of hydrogen-bond acceptors (Lipinski definition) is 5. The van der Waals surface area contributed by atoms with Crippen LogP contribution < -0.4 is 0 Å². The van der Waals surface area contributed by atoms with Crippen molar-refractivity contribution in [2.24, 2.45) is 0 Å². The lowest BCUT2D eigenvalue weighted by molar-refractivity contribution is 0.276. The summed E-state index contributed by atoms with van der Waals surface area (Å²) in [7, 11) is -3.97. The number of halogens is 2. The Hall–Kier alpha value is -2.39. The van der Waals surface area contributed by atoms with Gasteiger partial charge in [0.05, 0.1) is 17.6 Å². The summed E-state index contributed by atoms with van der Waals surface area (Å²) in [5.74, 6) is -1.41. The molecule has 1 unspecified atom stereocenters. The number of allylic oxidation sites excluding steroid dienone is 3. The highest BCUT2D eigenvalue weighted by Gasteiger charge is 2.31. The Kier molecular flexibility index (Phi) is 4.29. The third-order valence-corrected chi connectivity index (χ3v) is 5.58. The molecule has 1 atom stereocenters. The molecule has 2 aromatic rings. The lowest BCUT2D eigenvalue weighted by atomic mass is 10.2. The quantitative estimate of drug-likeness (QED) is 0.848. The minimum atomic E-state index is -3.97. The molecule has 6 nitrogen and oxygen atoms in total. The number of sulfone groups is 1. The summed E-state index contributed by atoms with van der Waals surface area (Å²) in [6.45, 7) is -0.508. The van der Waals surface area contributed by atoms with Crippen LogP contribution in [0.1, 0.15) is 12.1 Å². The maximum Gasteiger partial charge on any atom is 0.238 e. The topological polar surface area (TPSA) is 85.1 Å². The number of pyridine rings is 1. The number of aliphatic hydroxyl groups excluding tert-OH is 1. The summed E-state index contributed by atoms with van der Waals surface area (Å²) < 4.78 is 53.6. The van der Waals surface area contributed by atoms with Gasteiger partial charge in [-0.3, -0.25) is 0 Å². The van der Waals surface area contributed by atoms with Gasteiger partial charge in [-0.2, -0.15) is 9.49 Å². The number of hydrogen-bond donors (Lipinski definition) is 1. The fourth-order valence-corrected chi connectivity index (χ4v) is 3.98. The monoisotopic (exact) mass is 353 g/mol. The Morgan fingerprint density at radius 3 is 2.79 bits per heavy atom. The predicted octanol–water partition coefficient (Wildman–Crippen LogP) is 1.85. The summed E-state index contributed by atoms with van der Waals surface area (Å²) in [4.78, 5) is 3.48. The lowest BCUT2D eigenvalue weighted by Crippen LogP contribution is -2.23. The molecule has 2 aromatic heterocycles. The smallest absolute Gasteiger partial charge is 0.238 e. The molecule has 0 fully saturated rings. The van der Waals surface area contributed by atoms with E-state index in [2.05, 4.69) is 10.1 Å². The van der Waals surface area contributed by atoms with Crippen LogP contribution in [0.3, 0.4) is 0 Å². The Balaban J connectivity index is 2.13. The molecule has 2 heterocycles. The van der Waals surface area contributed by atoms with Crippen molar-refractivity contribution in [1.82, 2.24) is 14.8 Å². The Bertz CT molecular complexity index is 935. The van der Waals surface area contributed by atoms with Crippen molar-refractivity contribution in [2.45, 2.75) is 23.3 Å². The van der Waals surface area contributed by atoms with Crippen molar-refractivity contribution in [3.8, 4) is 5.69 Å². The van der Waals surface area contributed by atoms with Gasteiger partial charge in [0, 0.05) is 12.3 Å². The van der Waals surface area contributed by atoms with Gasteiger partial charge in [0.25, 0.3) is 0 Å². The standard InChI is InChI=1S/C15H13F2N3O3S/c16-10-3-5-12(6-4-10)24(22,23)14-8-11(9-21)19-20(14)13-2-1-7-18-15(13)17/h1-5,7-8,12,21H,6,9H2. The number of aliphatic hydroxyl groups is 1. The second-order valence-corrected chi connectivity index (χ2v) is 7.24. The van der Waals surface area contributed by atoms with Crippen LogP contribution in [0.5, 0.6) is 0 Å². The molecule has 0 spiro atoms. The van der Waals surface area contributed by atoms with Crippen LogP contribution in [0.2, 0.25) is 0 Å². The van der Waals surface area contributed by atoms with Crippen molar-refractivity contribution in [3.63, 3.8) is 0 Å². The van der Waals surface area contributed by atoms with Crippen molar-refractivity contribution in [2.75, 3.05) is 0 Å². The maximum absolute atomic E-state index is 13.9. The van der Waals surface area contributed by atoms with Crippen molar-refractivity contribution in [3.05, 3.63) is 60.1 Å². The first-order valence-electron chi connectivity index (χ1n) is 7.02. The lowest BCUT2D eigenvalue weighted by Gasteiger charge is -2.16. The molecule has 126 valence electrons. The molecule has 3 rings (SSSR count). The molecule has 1 aliphatic carbocycles. The van der Waals surface area contributed by atoms with Crippen LogP contribution in [0.25, 0.3) is 5.69 Å². The molecule has 0 aromatic carbocycles. The molecular formula is C15H13F2N3O3S. The SMILES string of the molecule is O=S(=O)(c1cc(CO)nn1-c1cccnc1F)C1C=CC(F)=CC1. The highest BCUT2D eigenvalue weighted by atomic mass is 32.2. The Morgan fingerprint density at radius 2 is 2.17 bits per heavy atom. The molecule has 0 radical (unpaired) electrons. The normalized spacial score (nSPS) is 17.8. The minimum Gasteiger partial charge on any atom is -0.390 e. The van der Waals surface area contributed by atoms with Gasteiger partial charge in [-0.1, -0.05) is 6.08 Å². The molecule has 24 heavy (non-hydrogen) atoms. The summed E-state index contributed by atoms with van der Waals surface area (Å²) in [6, 6.07) is 3.93. The first-order valence-corrected chi connectivity index (χ1v) is 8.56. The average Bonchev–Trinajstić information content (AvgIpc) is 3.01. The summed E-state index contributed by atoms with van der Waals surface area (Å²) in [5, 5.41) is 11.9. The molecule has 0 bridgehead atoms. The summed E-state index contributed by atoms with van der Waals surface area (Å²) in [6.07, 6.45) is 4.66. The molecule has 0 amide bonds. The predicted molar refractivity (Wildman–Crippen MR) is 81.2 cm³/mol. The van der Waals surface area contributed by atoms with E-state index in [1.165, 1.54) is 36.5 Å². The van der Waals surface area contributed by atoms with Gasteiger partial charge < -0.3 is 5.11 Å². The van der Waals surface area contributed by atoms with E-state index < -0.39 is 33.5 Å². The molecule has 0 saturated carbocycles. The van der Waals surface area contributed by atoms with E-state index in [9.17, 15) is 22.3 Å². The van der Waals surface area contributed by atoms with E-state index in [0.717, 1.165) is 10.8 Å². The average molecular weight is 353 g/mol. The molecule has 9 heteroatoms. The zero-order valence-electron chi connectivity index (χ0n) is 12.3. The Labute approximate surface area is 136 Å². The van der Waals surface area contributed by atoms with Gasteiger partial charge in [-0.15, -0.1) is 0 Å². The van der Waals surface area contributed by atoms with Gasteiger partial charge in [0.15, 0.2) is 5.03 Å². The van der Waals surface area contributed by atoms with E-state index in [1.807, 2.05) is 0 Å². The third-order valence-electron chi connectivity index (χ3n) is 3.56. The fourth-order valence-electron chi connectivity index (χ4n) is 2.36. The molecule has 1 aliphatic rings. The molecule has 1 N–H and O–H groups in total. The van der Waals surface area contributed by atoms with Crippen molar-refractivity contribution in [1.29, 1.82) is 0 Å². The van der Waals surface area contributed by atoms with E-state index in [-0.39, 0.29) is 22.8 Å². The largest absolute Gasteiger partial charge is 0.390 e. The van der Waals surface area contributed by atoms with Crippen LogP contribution in [-0.2, 0) is 16.4 Å². The Morgan fingerprint density at radius 1 is 1.38 bits per heavy atom. The van der Waals surface area contributed by atoms with Crippen LogP contribution in [0.15, 0.2) is 53.5 Å².